The van der Waals surface area contributed by atoms with E-state index in [-0.39, 0.29) is 11.5 Å². The Balaban J connectivity index is 1.82. The van der Waals surface area contributed by atoms with Gasteiger partial charge in [-0.25, -0.2) is 0 Å². The van der Waals surface area contributed by atoms with E-state index in [1.807, 2.05) is 12.1 Å². The molecule has 1 spiro atoms. The number of likely N-dealkylation sites (tertiary alicyclic amines) is 1. The highest BCUT2D eigenvalue weighted by atomic mass is 16.5. The van der Waals surface area contributed by atoms with Gasteiger partial charge in [-0.15, -0.1) is 0 Å². The number of aliphatic hydroxyl groups is 1. The second-order valence-corrected chi connectivity index (χ2v) is 7.11. The quantitative estimate of drug-likeness (QED) is 0.798. The molecule has 116 valence electrons. The van der Waals surface area contributed by atoms with Crippen LogP contribution in [-0.2, 0) is 11.8 Å². The maximum atomic E-state index is 10.6. The van der Waals surface area contributed by atoms with Crippen LogP contribution in [0.5, 0.6) is 11.5 Å². The molecule has 4 heteroatoms. The largest absolute Gasteiger partial charge is 0.493 e. The molecule has 5 rings (SSSR count). The van der Waals surface area contributed by atoms with Crippen molar-refractivity contribution < 1.29 is 14.6 Å². The summed E-state index contributed by atoms with van der Waals surface area (Å²) in [4.78, 5) is 2.47. The summed E-state index contributed by atoms with van der Waals surface area (Å²) in [5.41, 5.74) is 2.60. The Bertz CT molecular complexity index is 685. The topological polar surface area (TPSA) is 41.9 Å². The van der Waals surface area contributed by atoms with Gasteiger partial charge in [-0.2, -0.15) is 0 Å². The Labute approximate surface area is 130 Å². The van der Waals surface area contributed by atoms with E-state index in [0.717, 1.165) is 30.9 Å². The van der Waals surface area contributed by atoms with Gasteiger partial charge in [0.1, 0.15) is 12.2 Å². The van der Waals surface area contributed by atoms with Gasteiger partial charge >= 0.3 is 0 Å². The number of hydrogen-bond acceptors (Lipinski definition) is 4. The molecule has 1 fully saturated rings. The van der Waals surface area contributed by atoms with Crippen LogP contribution < -0.4 is 9.47 Å². The smallest absolute Gasteiger partial charge is 0.165 e. The van der Waals surface area contributed by atoms with Gasteiger partial charge < -0.3 is 19.5 Å². The Kier molecular flexibility index (Phi) is 2.39. The molecular weight excluding hydrogens is 279 g/mol. The number of benzene rings is 1. The predicted octanol–water partition coefficient (Wildman–Crippen LogP) is 1.50. The lowest BCUT2D eigenvalue weighted by Gasteiger charge is -2.56. The molecule has 1 N–H and O–H groups in total. The fourth-order valence-electron chi connectivity index (χ4n) is 5.39. The van der Waals surface area contributed by atoms with Crippen LogP contribution in [-0.4, -0.2) is 49.0 Å². The SMILES string of the molecule is COc1c[13cH]c2c3c1O[C@H]1[C@@H](O)C=C[C@H]4[C@@H](C2)N(C)CC[C@@]341. The molecular formula is C18H21NO3. The molecule has 4 aliphatic rings. The fourth-order valence-corrected chi connectivity index (χ4v) is 5.39. The summed E-state index contributed by atoms with van der Waals surface area (Å²) in [6, 6.07) is 4.70. The maximum absolute atomic E-state index is 10.6. The van der Waals surface area contributed by atoms with Gasteiger partial charge in [0.05, 0.1) is 7.11 Å². The van der Waals surface area contributed by atoms with Crippen LogP contribution in [0.2, 0.25) is 0 Å². The van der Waals surface area contributed by atoms with E-state index in [0.29, 0.717) is 12.0 Å². The maximum Gasteiger partial charge on any atom is 0.165 e. The van der Waals surface area contributed by atoms with Gasteiger partial charge in [0.25, 0.3) is 0 Å². The Morgan fingerprint density at radius 2 is 2.23 bits per heavy atom. The van der Waals surface area contributed by atoms with Crippen LogP contribution in [0.15, 0.2) is 24.3 Å². The third-order valence-corrected chi connectivity index (χ3v) is 6.35. The van der Waals surface area contributed by atoms with Crippen molar-refractivity contribution in [2.24, 2.45) is 5.92 Å². The number of nitrogens with zero attached hydrogens (tertiary/aromatic N) is 1. The molecule has 0 radical (unpaired) electrons. The standard InChI is InChI=1S/C18H21NO3/c1-19-8-7-18-11-4-5-13(20)17(18)22-16-14(21-2)6-3-10(15(16)18)9-12(11)19/h3-6,11-13,17,20H,7-9H2,1-2H3/t11-,12+,13-,17-,18-/m0/s1/i3+1. The molecule has 2 aliphatic heterocycles. The minimum atomic E-state index is -0.539. The lowest BCUT2D eigenvalue weighted by molar-refractivity contribution is -0.0453. The van der Waals surface area contributed by atoms with Gasteiger partial charge in [0.2, 0.25) is 0 Å². The van der Waals surface area contributed by atoms with E-state index < -0.39 is 6.10 Å². The average molecular weight is 300 g/mol. The van der Waals surface area contributed by atoms with Crippen LogP contribution in [0.25, 0.3) is 0 Å². The monoisotopic (exact) mass is 300 g/mol. The lowest BCUT2D eigenvalue weighted by atomic mass is 9.54. The summed E-state index contributed by atoms with van der Waals surface area (Å²) >= 11 is 0. The van der Waals surface area contributed by atoms with E-state index in [9.17, 15) is 5.11 Å². The molecule has 5 atom stereocenters. The number of piperidine rings is 1. The second kappa shape index (κ2) is 4.06. The van der Waals surface area contributed by atoms with Crippen LogP contribution in [0.1, 0.15) is 17.5 Å². The van der Waals surface area contributed by atoms with E-state index in [1.54, 1.807) is 7.11 Å². The van der Waals surface area contributed by atoms with Crippen molar-refractivity contribution in [1.82, 2.24) is 4.90 Å². The molecule has 0 saturated carbocycles. The first-order valence-corrected chi connectivity index (χ1v) is 8.10. The normalized spacial score (nSPS) is 41.0. The van der Waals surface area contributed by atoms with Crippen molar-refractivity contribution in [3.05, 3.63) is 35.4 Å². The highest BCUT2D eigenvalue weighted by molar-refractivity contribution is 5.62. The number of ether oxygens (including phenoxy) is 2. The van der Waals surface area contributed by atoms with E-state index in [2.05, 4.69) is 24.1 Å². The highest BCUT2D eigenvalue weighted by Crippen LogP contribution is 2.62. The van der Waals surface area contributed by atoms with Crippen molar-refractivity contribution in [3.63, 3.8) is 0 Å². The van der Waals surface area contributed by atoms with E-state index >= 15 is 0 Å². The first-order valence-electron chi connectivity index (χ1n) is 8.10. The molecule has 22 heavy (non-hydrogen) atoms. The predicted molar refractivity (Wildman–Crippen MR) is 82.5 cm³/mol. The first-order chi connectivity index (χ1) is 10.7. The van der Waals surface area contributed by atoms with Crippen molar-refractivity contribution in [2.45, 2.75) is 36.5 Å². The molecule has 1 aromatic carbocycles. The van der Waals surface area contributed by atoms with Crippen LogP contribution in [0.3, 0.4) is 0 Å². The molecule has 1 aromatic rings. The Hall–Kier alpha value is -1.52. The van der Waals surface area contributed by atoms with Crippen molar-refractivity contribution in [1.29, 1.82) is 0 Å². The molecule has 0 unspecified atom stereocenters. The van der Waals surface area contributed by atoms with Crippen LogP contribution in [0.4, 0.5) is 0 Å². The van der Waals surface area contributed by atoms with Crippen molar-refractivity contribution in [2.75, 3.05) is 20.7 Å². The van der Waals surface area contributed by atoms with Gasteiger partial charge in [-0.05, 0) is 38.1 Å². The second-order valence-electron chi connectivity index (χ2n) is 7.11. The number of methoxy groups -OCH3 is 1. The Morgan fingerprint density at radius 1 is 1.36 bits per heavy atom. The van der Waals surface area contributed by atoms with E-state index in [1.165, 1.54) is 11.1 Å². The minimum Gasteiger partial charge on any atom is -0.493 e. The molecule has 4 nitrogen and oxygen atoms in total. The zero-order valence-corrected chi connectivity index (χ0v) is 13.0. The molecule has 2 bridgehead atoms. The third kappa shape index (κ3) is 1.28. The number of hydrogen-bond donors (Lipinski definition) is 1. The summed E-state index contributed by atoms with van der Waals surface area (Å²) in [6.45, 7) is 1.05. The summed E-state index contributed by atoms with van der Waals surface area (Å²) in [5, 5.41) is 10.6. The third-order valence-electron chi connectivity index (χ3n) is 6.35. The summed E-state index contributed by atoms with van der Waals surface area (Å²) in [7, 11) is 3.91. The van der Waals surface area contributed by atoms with Gasteiger partial charge in [0.15, 0.2) is 11.5 Å². The molecule has 0 amide bonds. The van der Waals surface area contributed by atoms with Gasteiger partial charge in [0, 0.05) is 22.9 Å². The van der Waals surface area contributed by atoms with Gasteiger partial charge in [-0.3, -0.25) is 0 Å². The number of likely N-dealkylation sites (N-methyl/N-ethyl adjacent to an activating group) is 1. The summed E-state index contributed by atoms with van der Waals surface area (Å²) in [5.74, 6) is 2.09. The molecule has 2 aliphatic carbocycles. The average Bonchev–Trinajstić information content (AvgIpc) is 2.88. The Morgan fingerprint density at radius 3 is 3.05 bits per heavy atom. The molecule has 0 aromatic heterocycles. The first kappa shape index (κ1) is 13.0. The zero-order chi connectivity index (χ0) is 15.1. The van der Waals surface area contributed by atoms with E-state index in [4.69, 9.17) is 9.47 Å². The van der Waals surface area contributed by atoms with Gasteiger partial charge in [-0.1, -0.05) is 18.2 Å². The number of rotatable bonds is 1. The minimum absolute atomic E-state index is 0.0806. The number of aliphatic hydroxyl groups excluding tert-OH is 1. The fraction of sp³-hybridized carbons (Fsp3) is 0.556. The molecule has 1 saturated heterocycles. The molecule has 2 heterocycles. The van der Waals surface area contributed by atoms with Crippen molar-refractivity contribution >= 4 is 0 Å². The highest BCUT2D eigenvalue weighted by Gasteiger charge is 2.64. The summed E-state index contributed by atoms with van der Waals surface area (Å²) < 4.78 is 11.8. The van der Waals surface area contributed by atoms with Crippen molar-refractivity contribution in [3.8, 4) is 11.5 Å². The summed E-state index contributed by atoms with van der Waals surface area (Å²) in [6.07, 6.45) is 5.54. The van der Waals surface area contributed by atoms with Crippen LogP contribution >= 0.6 is 0 Å². The lowest BCUT2D eigenvalue weighted by Crippen LogP contribution is -2.64. The zero-order valence-electron chi connectivity index (χ0n) is 13.0. The van der Waals surface area contributed by atoms with Crippen LogP contribution in [0, 0.1) is 5.92 Å².